The first-order valence-corrected chi connectivity index (χ1v) is 10.2. The Balaban J connectivity index is 1.47. The second-order valence-corrected chi connectivity index (χ2v) is 7.56. The molecular weight excluding hydrogens is 368 g/mol. The lowest BCUT2D eigenvalue weighted by Crippen LogP contribution is -2.35. The van der Waals surface area contributed by atoms with E-state index in [0.29, 0.717) is 44.1 Å². The molecule has 1 aromatic carbocycles. The zero-order valence-electron chi connectivity index (χ0n) is 16.9. The minimum Gasteiger partial charge on any atom is -0.493 e. The summed E-state index contributed by atoms with van der Waals surface area (Å²) in [5.74, 6) is 1.63. The van der Waals surface area contributed by atoms with Gasteiger partial charge in [-0.1, -0.05) is 12.1 Å². The van der Waals surface area contributed by atoms with Gasteiger partial charge in [0.15, 0.2) is 0 Å². The van der Waals surface area contributed by atoms with Gasteiger partial charge in [0.2, 0.25) is 5.91 Å². The first kappa shape index (κ1) is 19.4. The third kappa shape index (κ3) is 3.95. The number of fused-ring (bicyclic) bond motifs is 1. The van der Waals surface area contributed by atoms with Crippen LogP contribution in [0.1, 0.15) is 53.6 Å². The third-order valence-corrected chi connectivity index (χ3v) is 5.66. The summed E-state index contributed by atoms with van der Waals surface area (Å²) in [6.45, 7) is 6.60. The second kappa shape index (κ2) is 8.19. The number of nitrogens with zero attached hydrogens (tertiary/aromatic N) is 4. The van der Waals surface area contributed by atoms with E-state index in [1.807, 2.05) is 47.2 Å². The Morgan fingerprint density at radius 2 is 2.03 bits per heavy atom. The van der Waals surface area contributed by atoms with Crippen molar-refractivity contribution in [3.8, 4) is 5.75 Å². The van der Waals surface area contributed by atoms with Gasteiger partial charge in [0.1, 0.15) is 11.6 Å². The molecule has 1 saturated heterocycles. The molecule has 0 N–H and O–H groups in total. The van der Waals surface area contributed by atoms with Crippen LogP contribution in [0.25, 0.3) is 0 Å². The normalized spacial score (nSPS) is 18.5. The standard InChI is InChI=1S/C22H26N4O3/c1-3-29-20-7-5-4-6-18(20)22(28)26-10-8-16(13-26)21-23-12-17-14-25(15(2)27)11-9-19(17)24-21/h4-7,12,16H,3,8-11,13-14H2,1-2H3/t16-/m1/s1. The summed E-state index contributed by atoms with van der Waals surface area (Å²) in [5.41, 5.74) is 2.65. The molecule has 2 aliphatic heterocycles. The molecule has 2 amide bonds. The number of amides is 2. The van der Waals surface area contributed by atoms with Crippen molar-refractivity contribution in [1.29, 1.82) is 0 Å². The van der Waals surface area contributed by atoms with Gasteiger partial charge in [-0.05, 0) is 25.5 Å². The monoisotopic (exact) mass is 394 g/mol. The molecule has 4 rings (SSSR count). The van der Waals surface area contributed by atoms with E-state index < -0.39 is 0 Å². The third-order valence-electron chi connectivity index (χ3n) is 5.66. The highest BCUT2D eigenvalue weighted by Crippen LogP contribution is 2.29. The second-order valence-electron chi connectivity index (χ2n) is 7.56. The number of para-hydroxylation sites is 1. The molecule has 152 valence electrons. The number of likely N-dealkylation sites (tertiary alicyclic amines) is 1. The van der Waals surface area contributed by atoms with Gasteiger partial charge >= 0.3 is 0 Å². The highest BCUT2D eigenvalue weighted by Gasteiger charge is 2.31. The molecule has 0 radical (unpaired) electrons. The minimum absolute atomic E-state index is 0.00777. The zero-order chi connectivity index (χ0) is 20.4. The summed E-state index contributed by atoms with van der Waals surface area (Å²) >= 11 is 0. The fraction of sp³-hybridized carbons (Fsp3) is 0.455. The van der Waals surface area contributed by atoms with Crippen LogP contribution >= 0.6 is 0 Å². The number of hydrogen-bond acceptors (Lipinski definition) is 5. The molecule has 7 heteroatoms. The summed E-state index contributed by atoms with van der Waals surface area (Å²) in [6.07, 6.45) is 3.45. The highest BCUT2D eigenvalue weighted by molar-refractivity contribution is 5.97. The molecule has 0 saturated carbocycles. The summed E-state index contributed by atoms with van der Waals surface area (Å²) in [4.78, 5) is 37.7. The van der Waals surface area contributed by atoms with Gasteiger partial charge in [-0.3, -0.25) is 9.59 Å². The van der Waals surface area contributed by atoms with Crippen LogP contribution in [0, 0.1) is 0 Å². The van der Waals surface area contributed by atoms with Crippen LogP contribution in [0.2, 0.25) is 0 Å². The fourth-order valence-electron chi connectivity index (χ4n) is 4.05. The Bertz CT molecular complexity index is 930. The van der Waals surface area contributed by atoms with Crippen molar-refractivity contribution < 1.29 is 14.3 Å². The maximum Gasteiger partial charge on any atom is 0.257 e. The molecule has 1 atom stereocenters. The van der Waals surface area contributed by atoms with Crippen LogP contribution < -0.4 is 4.74 Å². The number of aromatic nitrogens is 2. The molecule has 0 spiro atoms. The van der Waals surface area contributed by atoms with E-state index in [-0.39, 0.29) is 17.7 Å². The van der Waals surface area contributed by atoms with Crippen LogP contribution in [-0.2, 0) is 17.8 Å². The molecule has 7 nitrogen and oxygen atoms in total. The van der Waals surface area contributed by atoms with Gasteiger partial charge < -0.3 is 14.5 Å². The van der Waals surface area contributed by atoms with Crippen molar-refractivity contribution in [3.63, 3.8) is 0 Å². The molecule has 0 aliphatic carbocycles. The molecule has 0 bridgehead atoms. The SMILES string of the molecule is CCOc1ccccc1C(=O)N1CC[C@@H](c2ncc3c(n2)CCN(C(C)=O)C3)C1. The highest BCUT2D eigenvalue weighted by atomic mass is 16.5. The van der Waals surface area contributed by atoms with Crippen molar-refractivity contribution >= 4 is 11.8 Å². The zero-order valence-corrected chi connectivity index (χ0v) is 16.9. The number of ether oxygens (including phenoxy) is 1. The van der Waals surface area contributed by atoms with E-state index in [4.69, 9.17) is 9.72 Å². The molecule has 3 heterocycles. The maximum absolute atomic E-state index is 13.0. The molecule has 2 aliphatic rings. The van der Waals surface area contributed by atoms with Gasteiger partial charge in [0, 0.05) is 57.2 Å². The van der Waals surface area contributed by atoms with Gasteiger partial charge in [0.05, 0.1) is 17.9 Å². The van der Waals surface area contributed by atoms with E-state index in [2.05, 4.69) is 4.98 Å². The van der Waals surface area contributed by atoms with Crippen LogP contribution in [0.15, 0.2) is 30.5 Å². The van der Waals surface area contributed by atoms with E-state index in [9.17, 15) is 9.59 Å². The number of carbonyl (C=O) groups is 2. The van der Waals surface area contributed by atoms with Gasteiger partial charge in [-0.2, -0.15) is 0 Å². The Hall–Kier alpha value is -2.96. The summed E-state index contributed by atoms with van der Waals surface area (Å²) in [6, 6.07) is 7.39. The van der Waals surface area contributed by atoms with Crippen LogP contribution in [0.5, 0.6) is 5.75 Å². The minimum atomic E-state index is -0.00777. The molecule has 1 aromatic heterocycles. The topological polar surface area (TPSA) is 75.6 Å². The van der Waals surface area contributed by atoms with Crippen LogP contribution in [-0.4, -0.2) is 57.8 Å². The summed E-state index contributed by atoms with van der Waals surface area (Å²) in [7, 11) is 0. The number of benzene rings is 1. The Labute approximate surface area is 170 Å². The predicted octanol–water partition coefficient (Wildman–Crippen LogP) is 2.41. The predicted molar refractivity (Wildman–Crippen MR) is 108 cm³/mol. The Kier molecular flexibility index (Phi) is 5.47. The first-order chi connectivity index (χ1) is 14.1. The van der Waals surface area contributed by atoms with Gasteiger partial charge in [0.25, 0.3) is 5.91 Å². The van der Waals surface area contributed by atoms with E-state index in [1.54, 1.807) is 6.92 Å². The molecule has 0 unspecified atom stereocenters. The van der Waals surface area contributed by atoms with Crippen molar-refractivity contribution in [2.45, 2.75) is 39.2 Å². The lowest BCUT2D eigenvalue weighted by molar-refractivity contribution is -0.129. The van der Waals surface area contributed by atoms with E-state index in [0.717, 1.165) is 29.9 Å². The fourth-order valence-corrected chi connectivity index (χ4v) is 4.05. The average Bonchev–Trinajstić information content (AvgIpc) is 3.23. The summed E-state index contributed by atoms with van der Waals surface area (Å²) < 4.78 is 5.62. The lowest BCUT2D eigenvalue weighted by Gasteiger charge is -2.27. The van der Waals surface area contributed by atoms with Crippen LogP contribution in [0.3, 0.4) is 0 Å². The number of carbonyl (C=O) groups excluding carboxylic acids is 2. The Morgan fingerprint density at radius 3 is 2.83 bits per heavy atom. The Morgan fingerprint density at radius 1 is 1.21 bits per heavy atom. The van der Waals surface area contributed by atoms with Gasteiger partial charge in [-0.15, -0.1) is 0 Å². The van der Waals surface area contributed by atoms with Crippen LogP contribution in [0.4, 0.5) is 0 Å². The molecule has 29 heavy (non-hydrogen) atoms. The van der Waals surface area contributed by atoms with Crippen molar-refractivity contribution in [2.24, 2.45) is 0 Å². The van der Waals surface area contributed by atoms with Crippen molar-refractivity contribution in [1.82, 2.24) is 19.8 Å². The number of hydrogen-bond donors (Lipinski definition) is 0. The van der Waals surface area contributed by atoms with E-state index >= 15 is 0 Å². The summed E-state index contributed by atoms with van der Waals surface area (Å²) in [5, 5.41) is 0. The smallest absolute Gasteiger partial charge is 0.257 e. The lowest BCUT2D eigenvalue weighted by atomic mass is 10.0. The first-order valence-electron chi connectivity index (χ1n) is 10.2. The average molecular weight is 394 g/mol. The van der Waals surface area contributed by atoms with Gasteiger partial charge in [-0.25, -0.2) is 9.97 Å². The quantitative estimate of drug-likeness (QED) is 0.796. The van der Waals surface area contributed by atoms with Crippen molar-refractivity contribution in [3.05, 3.63) is 53.1 Å². The van der Waals surface area contributed by atoms with Crippen molar-refractivity contribution in [2.75, 3.05) is 26.2 Å². The number of rotatable bonds is 4. The molecule has 2 aromatic rings. The largest absolute Gasteiger partial charge is 0.493 e. The maximum atomic E-state index is 13.0. The molecule has 1 fully saturated rings. The van der Waals surface area contributed by atoms with E-state index in [1.165, 1.54) is 0 Å². The molecular formula is C22H26N4O3.